The minimum atomic E-state index is -0.731. The van der Waals surface area contributed by atoms with E-state index in [1.807, 2.05) is 0 Å². The molecule has 0 N–H and O–H groups in total. The van der Waals surface area contributed by atoms with E-state index in [4.69, 9.17) is 55.9 Å². The number of carbonyl (C=O) groups is 2. The monoisotopic (exact) mass is 338 g/mol. The summed E-state index contributed by atoms with van der Waals surface area (Å²) in [4.78, 5) is 21.2. The average Bonchev–Trinajstić information content (AvgIpc) is 2.30. The number of esters is 2. The molecule has 0 radical (unpaired) electrons. The Bertz CT molecular complexity index is 259. The van der Waals surface area contributed by atoms with Crippen LogP contribution in [0.4, 0.5) is 0 Å². The third kappa shape index (κ3) is 7.52. The lowest BCUT2D eigenvalue weighted by Crippen LogP contribution is -2.37. The van der Waals surface area contributed by atoms with Crippen molar-refractivity contribution in [1.29, 1.82) is 0 Å². The molecule has 0 heterocycles. The Morgan fingerprint density at radius 1 is 0.833 bits per heavy atom. The van der Waals surface area contributed by atoms with Gasteiger partial charge in [-0.25, -0.2) is 0 Å². The van der Waals surface area contributed by atoms with Crippen molar-refractivity contribution in [2.24, 2.45) is 0 Å². The molecule has 0 aliphatic heterocycles. The van der Waals surface area contributed by atoms with Crippen molar-refractivity contribution in [3.63, 3.8) is 0 Å². The minimum Gasteiger partial charge on any atom is -0.464 e. The predicted molar refractivity (Wildman–Crippen MR) is 71.8 cm³/mol. The topological polar surface area (TPSA) is 52.6 Å². The second-order valence-electron chi connectivity index (χ2n) is 3.53. The van der Waals surface area contributed by atoms with Crippen LogP contribution in [0.2, 0.25) is 0 Å². The van der Waals surface area contributed by atoms with E-state index in [1.54, 1.807) is 0 Å². The molecule has 0 aromatic carbocycles. The second-order valence-corrected chi connectivity index (χ2v) is 5.66. The van der Waals surface area contributed by atoms with Gasteiger partial charge in [0.15, 0.2) is 0 Å². The molecule has 4 atom stereocenters. The van der Waals surface area contributed by atoms with E-state index in [-0.39, 0.29) is 13.2 Å². The van der Waals surface area contributed by atoms with Gasteiger partial charge in [-0.05, 0) is 0 Å². The molecule has 0 fully saturated rings. The molecule has 0 rings (SSSR count). The summed E-state index contributed by atoms with van der Waals surface area (Å²) in [7, 11) is 0. The zero-order valence-corrected chi connectivity index (χ0v) is 12.9. The van der Waals surface area contributed by atoms with Gasteiger partial charge in [0.1, 0.15) is 13.2 Å². The molecule has 0 saturated carbocycles. The fourth-order valence-electron chi connectivity index (χ4n) is 0.977. The highest BCUT2D eigenvalue weighted by Crippen LogP contribution is 2.24. The molecular formula is C10H14Cl4O4. The van der Waals surface area contributed by atoms with Gasteiger partial charge in [-0.3, -0.25) is 9.59 Å². The molecule has 0 aromatic heterocycles. The average molecular weight is 340 g/mol. The van der Waals surface area contributed by atoms with Gasteiger partial charge in [0, 0.05) is 13.8 Å². The van der Waals surface area contributed by atoms with Crippen LogP contribution in [0.1, 0.15) is 13.8 Å². The lowest BCUT2D eigenvalue weighted by atomic mass is 10.2. The zero-order chi connectivity index (χ0) is 14.3. The summed E-state index contributed by atoms with van der Waals surface area (Å²) in [5, 5.41) is -2.83. The molecule has 0 spiro atoms. The number of alkyl halides is 4. The summed E-state index contributed by atoms with van der Waals surface area (Å²) in [5.74, 6) is -0.920. The van der Waals surface area contributed by atoms with Crippen molar-refractivity contribution < 1.29 is 19.1 Å². The van der Waals surface area contributed by atoms with E-state index in [0.29, 0.717) is 0 Å². The summed E-state index contributed by atoms with van der Waals surface area (Å²) in [5.41, 5.74) is 0. The standard InChI is InChI=1S/C10H14Cl4O4/c1-5(15)17-3-7(11)9(13)10(14)8(12)4-18-6(2)16/h7-10H,3-4H2,1-2H3/t7-,8+,9+,10-. The molecule has 4 nitrogen and oxygen atoms in total. The van der Waals surface area contributed by atoms with Crippen molar-refractivity contribution in [3.05, 3.63) is 0 Å². The zero-order valence-electron chi connectivity index (χ0n) is 9.87. The Hall–Kier alpha value is 0.1000. The molecule has 8 heteroatoms. The van der Waals surface area contributed by atoms with Crippen LogP contribution in [0.25, 0.3) is 0 Å². The maximum atomic E-state index is 10.6. The Kier molecular flexibility index (Phi) is 9.13. The van der Waals surface area contributed by atoms with Crippen LogP contribution in [-0.2, 0) is 19.1 Å². The Morgan fingerprint density at radius 3 is 1.33 bits per heavy atom. The van der Waals surface area contributed by atoms with Crippen LogP contribution in [0.3, 0.4) is 0 Å². The Labute approximate surface area is 126 Å². The van der Waals surface area contributed by atoms with Crippen molar-refractivity contribution in [2.75, 3.05) is 13.2 Å². The van der Waals surface area contributed by atoms with E-state index in [1.165, 1.54) is 13.8 Å². The molecule has 0 bridgehead atoms. The van der Waals surface area contributed by atoms with Crippen molar-refractivity contribution in [1.82, 2.24) is 0 Å². The van der Waals surface area contributed by atoms with Gasteiger partial charge in [-0.1, -0.05) is 0 Å². The number of hydrogen-bond donors (Lipinski definition) is 0. The van der Waals surface area contributed by atoms with Gasteiger partial charge < -0.3 is 9.47 Å². The van der Waals surface area contributed by atoms with Gasteiger partial charge in [0.25, 0.3) is 0 Å². The summed E-state index contributed by atoms with van der Waals surface area (Å²) in [6.07, 6.45) is 0. The molecule has 18 heavy (non-hydrogen) atoms. The van der Waals surface area contributed by atoms with E-state index in [2.05, 4.69) is 0 Å². The first-order valence-electron chi connectivity index (χ1n) is 5.08. The van der Waals surface area contributed by atoms with Crippen LogP contribution in [0.15, 0.2) is 0 Å². The molecule has 0 aliphatic carbocycles. The highest BCUT2D eigenvalue weighted by molar-refractivity contribution is 6.38. The van der Waals surface area contributed by atoms with Crippen LogP contribution in [0, 0.1) is 0 Å². The first-order valence-corrected chi connectivity index (χ1v) is 6.83. The Balaban J connectivity index is 4.16. The van der Waals surface area contributed by atoms with E-state index < -0.39 is 33.4 Å². The van der Waals surface area contributed by atoms with Crippen molar-refractivity contribution in [2.45, 2.75) is 35.4 Å². The number of halogens is 4. The van der Waals surface area contributed by atoms with E-state index >= 15 is 0 Å². The predicted octanol–water partition coefficient (Wildman–Crippen LogP) is 2.54. The summed E-state index contributed by atoms with van der Waals surface area (Å²) in [6.45, 7) is 2.39. The van der Waals surface area contributed by atoms with Gasteiger partial charge in [-0.2, -0.15) is 0 Å². The molecule has 0 aromatic rings. The first-order chi connectivity index (χ1) is 8.25. The van der Waals surface area contributed by atoms with Gasteiger partial charge in [-0.15, -0.1) is 46.4 Å². The van der Waals surface area contributed by atoms with Crippen LogP contribution in [-0.4, -0.2) is 46.7 Å². The van der Waals surface area contributed by atoms with Crippen molar-refractivity contribution in [3.8, 4) is 0 Å². The third-order valence-electron chi connectivity index (χ3n) is 1.89. The van der Waals surface area contributed by atoms with Crippen LogP contribution < -0.4 is 0 Å². The lowest BCUT2D eigenvalue weighted by molar-refractivity contribution is -0.142. The normalized spacial score (nSPS) is 17.4. The fourth-order valence-corrected chi connectivity index (χ4v) is 2.06. The SMILES string of the molecule is CC(=O)OC[C@@H](Cl)[C@H](Cl)[C@H](Cl)[C@@H](Cl)COC(C)=O. The third-order valence-corrected chi connectivity index (χ3v) is 4.22. The number of carbonyl (C=O) groups excluding carboxylic acids is 2. The summed E-state index contributed by atoms with van der Waals surface area (Å²) >= 11 is 23.8. The molecular weight excluding hydrogens is 326 g/mol. The highest BCUT2D eigenvalue weighted by atomic mass is 35.5. The maximum Gasteiger partial charge on any atom is 0.302 e. The molecule has 0 unspecified atom stereocenters. The summed E-state index contributed by atoms with van der Waals surface area (Å²) < 4.78 is 9.42. The smallest absolute Gasteiger partial charge is 0.302 e. The quantitative estimate of drug-likeness (QED) is 0.528. The molecule has 106 valence electrons. The van der Waals surface area contributed by atoms with Crippen LogP contribution in [0.5, 0.6) is 0 Å². The Morgan fingerprint density at radius 2 is 1.11 bits per heavy atom. The lowest BCUT2D eigenvalue weighted by Gasteiger charge is -2.24. The minimum absolute atomic E-state index is 0.0640. The second kappa shape index (κ2) is 9.08. The largest absolute Gasteiger partial charge is 0.464 e. The molecule has 0 saturated heterocycles. The molecule has 0 amide bonds. The van der Waals surface area contributed by atoms with Gasteiger partial charge in [0.2, 0.25) is 0 Å². The van der Waals surface area contributed by atoms with Gasteiger partial charge >= 0.3 is 11.9 Å². The van der Waals surface area contributed by atoms with Crippen molar-refractivity contribution >= 4 is 58.3 Å². The summed E-state index contributed by atoms with van der Waals surface area (Å²) in [6, 6.07) is 0. The number of rotatable bonds is 7. The number of hydrogen-bond acceptors (Lipinski definition) is 4. The fraction of sp³-hybridized carbons (Fsp3) is 0.800. The first kappa shape index (κ1) is 18.1. The van der Waals surface area contributed by atoms with E-state index in [9.17, 15) is 9.59 Å². The van der Waals surface area contributed by atoms with Crippen LogP contribution >= 0.6 is 46.4 Å². The highest BCUT2D eigenvalue weighted by Gasteiger charge is 2.31. The number of ether oxygens (including phenoxy) is 2. The van der Waals surface area contributed by atoms with E-state index in [0.717, 1.165) is 0 Å². The maximum absolute atomic E-state index is 10.6. The molecule has 0 aliphatic rings. The van der Waals surface area contributed by atoms with Gasteiger partial charge in [0.05, 0.1) is 21.5 Å².